The molecule has 0 aromatic heterocycles. The van der Waals surface area contributed by atoms with Crippen LogP contribution in [0.15, 0.2) is 24.3 Å². The molecular formula is C13H16BrNO3. The molecule has 5 heteroatoms. The molecule has 0 bridgehead atoms. The molecule has 4 nitrogen and oxygen atoms in total. The Balaban J connectivity index is 2.61. The van der Waals surface area contributed by atoms with Crippen molar-refractivity contribution in [1.82, 2.24) is 0 Å². The number of carbonyl (C=O) groups excluding carboxylic acids is 2. The maximum atomic E-state index is 11.3. The fourth-order valence-corrected chi connectivity index (χ4v) is 1.74. The van der Waals surface area contributed by atoms with Gasteiger partial charge < -0.3 is 9.64 Å². The predicted octanol–water partition coefficient (Wildman–Crippen LogP) is 2.26. The summed E-state index contributed by atoms with van der Waals surface area (Å²) >= 11 is 3.14. The average molecular weight is 314 g/mol. The number of hydrogen-bond donors (Lipinski definition) is 0. The van der Waals surface area contributed by atoms with Crippen LogP contribution in [0.2, 0.25) is 0 Å². The number of carbonyl (C=O) groups is 2. The summed E-state index contributed by atoms with van der Waals surface area (Å²) in [6.07, 6.45) is 0.500. The molecule has 0 N–H and O–H groups in total. The molecule has 1 aromatic carbocycles. The van der Waals surface area contributed by atoms with E-state index < -0.39 is 0 Å². The Morgan fingerprint density at radius 3 is 2.39 bits per heavy atom. The normalized spacial score (nSPS) is 9.94. The summed E-state index contributed by atoms with van der Waals surface area (Å²) in [6.45, 7) is 0.655. The van der Waals surface area contributed by atoms with Crippen LogP contribution in [-0.2, 0) is 9.53 Å². The van der Waals surface area contributed by atoms with Crippen molar-refractivity contribution in [2.45, 2.75) is 6.42 Å². The molecule has 0 heterocycles. The second-order valence-corrected chi connectivity index (χ2v) is 4.44. The van der Waals surface area contributed by atoms with Crippen LogP contribution >= 0.6 is 15.9 Å². The summed E-state index contributed by atoms with van der Waals surface area (Å²) in [7, 11) is 3.27. The Morgan fingerprint density at radius 2 is 1.89 bits per heavy atom. The lowest BCUT2D eigenvalue weighted by atomic mass is 10.2. The molecule has 0 spiro atoms. The fourth-order valence-electron chi connectivity index (χ4n) is 1.46. The van der Waals surface area contributed by atoms with Gasteiger partial charge in [0, 0.05) is 25.7 Å². The monoisotopic (exact) mass is 313 g/mol. The zero-order valence-corrected chi connectivity index (χ0v) is 12.1. The van der Waals surface area contributed by atoms with Gasteiger partial charge in [0.15, 0.2) is 0 Å². The van der Waals surface area contributed by atoms with Gasteiger partial charge in [-0.25, -0.2) is 4.79 Å². The highest BCUT2D eigenvalue weighted by molar-refractivity contribution is 9.09. The van der Waals surface area contributed by atoms with Crippen molar-refractivity contribution in [3.8, 4) is 0 Å². The number of ketones is 1. The van der Waals surface area contributed by atoms with Gasteiger partial charge in [-0.2, -0.15) is 0 Å². The van der Waals surface area contributed by atoms with E-state index in [9.17, 15) is 9.59 Å². The van der Waals surface area contributed by atoms with Gasteiger partial charge in [-0.05, 0) is 24.3 Å². The number of halogens is 1. The first kappa shape index (κ1) is 14.7. The Labute approximate surface area is 115 Å². The molecule has 0 aliphatic carbocycles. The maximum absolute atomic E-state index is 11.3. The molecule has 0 saturated heterocycles. The van der Waals surface area contributed by atoms with Gasteiger partial charge in [0.05, 0.1) is 18.0 Å². The number of rotatable bonds is 6. The van der Waals surface area contributed by atoms with E-state index in [1.807, 2.05) is 24.1 Å². The van der Waals surface area contributed by atoms with E-state index in [0.717, 1.165) is 5.69 Å². The van der Waals surface area contributed by atoms with Crippen molar-refractivity contribution in [3.05, 3.63) is 29.8 Å². The lowest BCUT2D eigenvalue weighted by molar-refractivity contribution is -0.116. The Kier molecular flexibility index (Phi) is 5.85. The summed E-state index contributed by atoms with van der Waals surface area (Å²) in [4.78, 5) is 24.4. The van der Waals surface area contributed by atoms with Gasteiger partial charge >= 0.3 is 5.97 Å². The molecule has 1 rings (SSSR count). The lowest BCUT2D eigenvalue weighted by Crippen LogP contribution is -2.21. The van der Waals surface area contributed by atoms with E-state index in [4.69, 9.17) is 0 Å². The highest BCUT2D eigenvalue weighted by Crippen LogP contribution is 2.14. The number of nitrogens with zero attached hydrogens (tertiary/aromatic N) is 1. The van der Waals surface area contributed by atoms with E-state index in [1.54, 1.807) is 12.1 Å². The van der Waals surface area contributed by atoms with Crippen LogP contribution in [0.5, 0.6) is 0 Å². The molecular weight excluding hydrogens is 298 g/mol. The highest BCUT2D eigenvalue weighted by Gasteiger charge is 2.07. The van der Waals surface area contributed by atoms with Crippen LogP contribution < -0.4 is 4.90 Å². The lowest BCUT2D eigenvalue weighted by Gasteiger charge is -2.18. The van der Waals surface area contributed by atoms with Crippen LogP contribution in [0.4, 0.5) is 5.69 Å². The molecule has 0 atom stereocenters. The van der Waals surface area contributed by atoms with E-state index in [2.05, 4.69) is 20.7 Å². The molecule has 18 heavy (non-hydrogen) atoms. The van der Waals surface area contributed by atoms with Gasteiger partial charge in [-0.3, -0.25) is 4.79 Å². The molecule has 0 amide bonds. The third-order valence-electron chi connectivity index (χ3n) is 2.60. The Hall–Kier alpha value is -1.36. The molecule has 0 aliphatic heterocycles. The number of esters is 1. The van der Waals surface area contributed by atoms with Crippen LogP contribution in [0.1, 0.15) is 16.8 Å². The second kappa shape index (κ2) is 7.16. The minimum absolute atomic E-state index is 0.174. The summed E-state index contributed by atoms with van der Waals surface area (Å²) in [5.74, 6) is -0.174. The summed E-state index contributed by atoms with van der Waals surface area (Å²) < 4.78 is 4.63. The van der Waals surface area contributed by atoms with E-state index in [1.165, 1.54) is 7.11 Å². The first-order chi connectivity index (χ1) is 8.58. The van der Waals surface area contributed by atoms with Crippen molar-refractivity contribution >= 4 is 33.4 Å². The molecule has 0 radical (unpaired) electrons. The van der Waals surface area contributed by atoms with Crippen LogP contribution in [0, 0.1) is 0 Å². The SMILES string of the molecule is COC(=O)c1ccc(N(C)CCC(=O)CBr)cc1. The van der Waals surface area contributed by atoms with Gasteiger partial charge in [0.1, 0.15) is 5.78 Å². The molecule has 1 aromatic rings. The van der Waals surface area contributed by atoms with Gasteiger partial charge in [-0.15, -0.1) is 0 Å². The Morgan fingerprint density at radius 1 is 1.28 bits per heavy atom. The van der Waals surface area contributed by atoms with E-state index >= 15 is 0 Å². The van der Waals surface area contributed by atoms with Crippen molar-refractivity contribution in [2.75, 3.05) is 30.9 Å². The Bertz CT molecular complexity index is 417. The number of methoxy groups -OCH3 is 1. The van der Waals surface area contributed by atoms with E-state index in [-0.39, 0.29) is 11.8 Å². The van der Waals surface area contributed by atoms with Crippen LogP contribution in [-0.4, -0.2) is 37.8 Å². The minimum Gasteiger partial charge on any atom is -0.465 e. The summed E-state index contributed by atoms with van der Waals surface area (Å²) in [6, 6.07) is 7.10. The third kappa shape index (κ3) is 4.14. The first-order valence-electron chi connectivity index (χ1n) is 5.55. The summed E-state index contributed by atoms with van der Waals surface area (Å²) in [5, 5.41) is 0.391. The standard InChI is InChI=1S/C13H16BrNO3/c1-15(8-7-12(16)9-14)11-5-3-10(4-6-11)13(17)18-2/h3-6H,7-9H2,1-2H3. The average Bonchev–Trinajstić information content (AvgIpc) is 2.43. The zero-order chi connectivity index (χ0) is 13.5. The van der Waals surface area contributed by atoms with Gasteiger partial charge in [0.2, 0.25) is 0 Å². The maximum Gasteiger partial charge on any atom is 0.337 e. The van der Waals surface area contributed by atoms with Crippen molar-refractivity contribution in [3.63, 3.8) is 0 Å². The zero-order valence-electron chi connectivity index (χ0n) is 10.5. The van der Waals surface area contributed by atoms with Gasteiger partial charge in [-0.1, -0.05) is 15.9 Å². The van der Waals surface area contributed by atoms with Crippen molar-refractivity contribution in [2.24, 2.45) is 0 Å². The van der Waals surface area contributed by atoms with Crippen molar-refractivity contribution in [1.29, 1.82) is 0 Å². The first-order valence-corrected chi connectivity index (χ1v) is 6.67. The second-order valence-electron chi connectivity index (χ2n) is 3.88. The number of Topliss-reactive ketones (excluding diaryl/α,β-unsaturated/α-hetero) is 1. The van der Waals surface area contributed by atoms with Crippen LogP contribution in [0.25, 0.3) is 0 Å². The third-order valence-corrected chi connectivity index (χ3v) is 3.23. The number of hydrogen-bond acceptors (Lipinski definition) is 4. The van der Waals surface area contributed by atoms with Crippen molar-refractivity contribution < 1.29 is 14.3 Å². The number of benzene rings is 1. The number of alkyl halides is 1. The topological polar surface area (TPSA) is 46.6 Å². The highest BCUT2D eigenvalue weighted by atomic mass is 79.9. The molecule has 98 valence electrons. The molecule has 0 unspecified atom stereocenters. The van der Waals surface area contributed by atoms with Crippen LogP contribution in [0.3, 0.4) is 0 Å². The molecule has 0 saturated carbocycles. The minimum atomic E-state index is -0.348. The van der Waals surface area contributed by atoms with Gasteiger partial charge in [0.25, 0.3) is 0 Å². The fraction of sp³-hybridized carbons (Fsp3) is 0.385. The predicted molar refractivity (Wildman–Crippen MR) is 74.5 cm³/mol. The largest absolute Gasteiger partial charge is 0.465 e. The summed E-state index contributed by atoms with van der Waals surface area (Å²) in [5.41, 5.74) is 1.48. The smallest absolute Gasteiger partial charge is 0.337 e. The van der Waals surface area contributed by atoms with E-state index in [0.29, 0.717) is 23.9 Å². The molecule has 0 fully saturated rings. The molecule has 0 aliphatic rings. The quantitative estimate of drug-likeness (QED) is 0.597. The number of anilines is 1. The number of ether oxygens (including phenoxy) is 1.